The van der Waals surface area contributed by atoms with Crippen LogP contribution in [0, 0.1) is 0 Å². The highest BCUT2D eigenvalue weighted by Crippen LogP contribution is 2.16. The Balaban J connectivity index is 1.80. The first-order chi connectivity index (χ1) is 12.1. The molecule has 1 amide bonds. The zero-order chi connectivity index (χ0) is 17.8. The van der Waals surface area contributed by atoms with E-state index in [1.807, 2.05) is 0 Å². The van der Waals surface area contributed by atoms with E-state index < -0.39 is 5.91 Å². The second kappa shape index (κ2) is 7.19. The standard InChI is InChI=1S/C18H13ClN2O4/c1-24-14-4-2-3-11(7-14)18(23)21-20-9-12-10-25-16-6-5-13(19)8-15(16)17(12)22/h2-10H,1H3,(H,21,23)/b20-9+. The molecule has 1 N–H and O–H groups in total. The van der Waals surface area contributed by atoms with Crippen LogP contribution in [0.3, 0.4) is 0 Å². The number of nitrogens with zero attached hydrogens (tertiary/aromatic N) is 1. The van der Waals surface area contributed by atoms with Gasteiger partial charge in [-0.2, -0.15) is 5.10 Å². The lowest BCUT2D eigenvalue weighted by Gasteiger charge is -2.03. The van der Waals surface area contributed by atoms with Gasteiger partial charge in [0, 0.05) is 10.6 Å². The van der Waals surface area contributed by atoms with Crippen molar-refractivity contribution in [1.82, 2.24) is 5.43 Å². The highest BCUT2D eigenvalue weighted by molar-refractivity contribution is 6.31. The number of amides is 1. The van der Waals surface area contributed by atoms with Crippen LogP contribution in [0.1, 0.15) is 15.9 Å². The van der Waals surface area contributed by atoms with E-state index in [1.165, 1.54) is 25.7 Å². The van der Waals surface area contributed by atoms with Crippen molar-refractivity contribution in [2.45, 2.75) is 0 Å². The summed E-state index contributed by atoms with van der Waals surface area (Å²) in [5.41, 5.74) is 3.07. The lowest BCUT2D eigenvalue weighted by atomic mass is 10.2. The molecule has 0 atom stereocenters. The molecule has 0 aliphatic heterocycles. The maximum Gasteiger partial charge on any atom is 0.271 e. The summed E-state index contributed by atoms with van der Waals surface area (Å²) in [6.07, 6.45) is 2.50. The maximum absolute atomic E-state index is 12.4. The molecule has 0 saturated heterocycles. The van der Waals surface area contributed by atoms with E-state index >= 15 is 0 Å². The summed E-state index contributed by atoms with van der Waals surface area (Å²) in [6, 6.07) is 11.4. The lowest BCUT2D eigenvalue weighted by Crippen LogP contribution is -2.18. The predicted molar refractivity (Wildman–Crippen MR) is 95.5 cm³/mol. The molecule has 0 spiro atoms. The van der Waals surface area contributed by atoms with Crippen LogP contribution in [0.15, 0.2) is 63.0 Å². The molecule has 3 rings (SSSR count). The van der Waals surface area contributed by atoms with Gasteiger partial charge >= 0.3 is 0 Å². The topological polar surface area (TPSA) is 80.9 Å². The molecule has 0 radical (unpaired) electrons. The van der Waals surface area contributed by atoms with Gasteiger partial charge in [-0.25, -0.2) is 5.43 Å². The van der Waals surface area contributed by atoms with E-state index in [9.17, 15) is 9.59 Å². The van der Waals surface area contributed by atoms with Gasteiger partial charge in [0.15, 0.2) is 0 Å². The minimum absolute atomic E-state index is 0.195. The summed E-state index contributed by atoms with van der Waals surface area (Å²) in [6.45, 7) is 0. The number of methoxy groups -OCH3 is 1. The van der Waals surface area contributed by atoms with Gasteiger partial charge in [0.25, 0.3) is 5.91 Å². The number of ether oxygens (including phenoxy) is 1. The van der Waals surface area contributed by atoms with Crippen LogP contribution < -0.4 is 15.6 Å². The molecule has 7 heteroatoms. The molecule has 0 bridgehead atoms. The van der Waals surface area contributed by atoms with Crippen molar-refractivity contribution in [1.29, 1.82) is 0 Å². The average Bonchev–Trinajstić information content (AvgIpc) is 2.64. The normalized spacial score (nSPS) is 11.0. The van der Waals surface area contributed by atoms with Crippen molar-refractivity contribution in [3.63, 3.8) is 0 Å². The van der Waals surface area contributed by atoms with E-state index in [4.69, 9.17) is 20.8 Å². The van der Waals surface area contributed by atoms with Crippen molar-refractivity contribution in [3.05, 3.63) is 75.1 Å². The fraction of sp³-hybridized carbons (Fsp3) is 0.0556. The van der Waals surface area contributed by atoms with Crippen LogP contribution in [0.4, 0.5) is 0 Å². The minimum atomic E-state index is -0.427. The largest absolute Gasteiger partial charge is 0.497 e. The quantitative estimate of drug-likeness (QED) is 0.575. The maximum atomic E-state index is 12.4. The van der Waals surface area contributed by atoms with Gasteiger partial charge < -0.3 is 9.15 Å². The van der Waals surface area contributed by atoms with Crippen molar-refractivity contribution in [2.75, 3.05) is 7.11 Å². The fourth-order valence-corrected chi connectivity index (χ4v) is 2.37. The number of carbonyl (C=O) groups is 1. The highest BCUT2D eigenvalue weighted by Gasteiger charge is 2.07. The Labute approximate surface area is 147 Å². The lowest BCUT2D eigenvalue weighted by molar-refractivity contribution is 0.0955. The third kappa shape index (κ3) is 3.70. The van der Waals surface area contributed by atoms with E-state index in [0.29, 0.717) is 27.3 Å². The molecule has 0 fully saturated rings. The molecule has 1 heterocycles. The van der Waals surface area contributed by atoms with Gasteiger partial charge in [-0.05, 0) is 36.4 Å². The summed E-state index contributed by atoms with van der Waals surface area (Å²) >= 11 is 5.90. The number of hydrazone groups is 1. The molecule has 0 aliphatic rings. The van der Waals surface area contributed by atoms with Crippen molar-refractivity contribution < 1.29 is 13.9 Å². The SMILES string of the molecule is COc1cccc(C(=O)N/N=C/c2coc3ccc(Cl)cc3c2=O)c1. The molecule has 126 valence electrons. The second-order valence-electron chi connectivity index (χ2n) is 5.09. The summed E-state index contributed by atoms with van der Waals surface area (Å²) in [5, 5.41) is 4.58. The van der Waals surface area contributed by atoms with Crippen LogP contribution in [-0.4, -0.2) is 19.2 Å². The number of rotatable bonds is 4. The third-order valence-electron chi connectivity index (χ3n) is 3.46. The summed E-state index contributed by atoms with van der Waals surface area (Å²) in [5.74, 6) is 0.132. The third-order valence-corrected chi connectivity index (χ3v) is 3.70. The van der Waals surface area contributed by atoms with Gasteiger partial charge in [0.1, 0.15) is 17.6 Å². The molecule has 2 aromatic carbocycles. The first-order valence-electron chi connectivity index (χ1n) is 7.27. The Morgan fingerprint density at radius 3 is 2.92 bits per heavy atom. The van der Waals surface area contributed by atoms with Gasteiger partial charge in [-0.15, -0.1) is 0 Å². The molecule has 6 nitrogen and oxygen atoms in total. The second-order valence-corrected chi connectivity index (χ2v) is 5.53. The van der Waals surface area contributed by atoms with Crippen LogP contribution in [0.5, 0.6) is 5.75 Å². The van der Waals surface area contributed by atoms with Crippen LogP contribution in [-0.2, 0) is 0 Å². The minimum Gasteiger partial charge on any atom is -0.497 e. The Morgan fingerprint density at radius 1 is 1.28 bits per heavy atom. The Morgan fingerprint density at radius 2 is 2.12 bits per heavy atom. The summed E-state index contributed by atoms with van der Waals surface area (Å²) in [7, 11) is 1.51. The predicted octanol–water partition coefficient (Wildman–Crippen LogP) is 3.22. The van der Waals surface area contributed by atoms with Crippen molar-refractivity contribution in [3.8, 4) is 5.75 Å². The van der Waals surface area contributed by atoms with Gasteiger partial charge in [0.05, 0.1) is 24.3 Å². The molecule has 3 aromatic rings. The molecule has 25 heavy (non-hydrogen) atoms. The van der Waals surface area contributed by atoms with Crippen LogP contribution in [0.2, 0.25) is 5.02 Å². The van der Waals surface area contributed by atoms with Crippen LogP contribution >= 0.6 is 11.6 Å². The number of carbonyl (C=O) groups excluding carboxylic acids is 1. The number of hydrogen-bond acceptors (Lipinski definition) is 5. The number of hydrogen-bond donors (Lipinski definition) is 1. The first-order valence-corrected chi connectivity index (χ1v) is 7.65. The summed E-state index contributed by atoms with van der Waals surface area (Å²) < 4.78 is 10.4. The van der Waals surface area contributed by atoms with E-state index in [0.717, 1.165) is 0 Å². The van der Waals surface area contributed by atoms with Gasteiger partial charge in [0.2, 0.25) is 5.43 Å². The monoisotopic (exact) mass is 356 g/mol. The van der Waals surface area contributed by atoms with Crippen LogP contribution in [0.25, 0.3) is 11.0 Å². The Hall–Kier alpha value is -3.12. The zero-order valence-electron chi connectivity index (χ0n) is 13.2. The molecular weight excluding hydrogens is 344 g/mol. The Bertz CT molecular complexity index is 1030. The number of fused-ring (bicyclic) bond motifs is 1. The molecule has 0 saturated carbocycles. The van der Waals surface area contributed by atoms with E-state index in [1.54, 1.807) is 36.4 Å². The van der Waals surface area contributed by atoms with Gasteiger partial charge in [-0.3, -0.25) is 9.59 Å². The highest BCUT2D eigenvalue weighted by atomic mass is 35.5. The van der Waals surface area contributed by atoms with Crippen molar-refractivity contribution >= 4 is 34.7 Å². The molecule has 0 aliphatic carbocycles. The summed E-state index contributed by atoms with van der Waals surface area (Å²) in [4.78, 5) is 24.4. The van der Waals surface area contributed by atoms with E-state index in [2.05, 4.69) is 10.5 Å². The van der Waals surface area contributed by atoms with E-state index in [-0.39, 0.29) is 11.0 Å². The Kier molecular flexibility index (Phi) is 4.81. The number of halogens is 1. The fourth-order valence-electron chi connectivity index (χ4n) is 2.20. The smallest absolute Gasteiger partial charge is 0.271 e. The zero-order valence-corrected chi connectivity index (χ0v) is 13.9. The van der Waals surface area contributed by atoms with Gasteiger partial charge in [-0.1, -0.05) is 17.7 Å². The number of nitrogens with one attached hydrogen (secondary N) is 1. The first kappa shape index (κ1) is 16.7. The molecular formula is C18H13ClN2O4. The van der Waals surface area contributed by atoms with Crippen molar-refractivity contribution in [2.24, 2.45) is 5.10 Å². The number of benzene rings is 2. The average molecular weight is 357 g/mol. The molecule has 0 unspecified atom stereocenters. The molecule has 1 aromatic heterocycles.